The van der Waals surface area contributed by atoms with E-state index in [-0.39, 0.29) is 11.4 Å². The normalized spacial score (nSPS) is 45.9. The highest BCUT2D eigenvalue weighted by Gasteiger charge is 2.72. The van der Waals surface area contributed by atoms with E-state index in [1.54, 1.807) is 5.57 Å². The third-order valence-corrected chi connectivity index (χ3v) is 15.4. The van der Waals surface area contributed by atoms with Gasteiger partial charge in [0.15, 0.2) is 0 Å². The molecule has 0 heterocycles. The maximum Gasteiger partial charge on any atom is 0.312 e. The van der Waals surface area contributed by atoms with Gasteiger partial charge in [-0.3, -0.25) is 4.79 Å². The molecule has 2 heteroatoms. The molecule has 5 saturated carbocycles. The van der Waals surface area contributed by atoms with E-state index in [2.05, 4.69) is 65.0 Å². The summed E-state index contributed by atoms with van der Waals surface area (Å²) in [6.45, 7) is 13.5. The van der Waals surface area contributed by atoms with Gasteiger partial charge in [0.2, 0.25) is 0 Å². The van der Waals surface area contributed by atoms with Crippen LogP contribution < -0.4 is 0 Å². The minimum atomic E-state index is -0.262. The van der Waals surface area contributed by atoms with Crippen LogP contribution in [0.3, 0.4) is 0 Å². The fourth-order valence-electron chi connectivity index (χ4n) is 12.5. The van der Waals surface area contributed by atoms with Crippen molar-refractivity contribution in [2.24, 2.45) is 56.7 Å². The molecule has 6 aliphatic rings. The minimum absolute atomic E-state index is 0.143. The number of fused-ring (bicyclic) bond motifs is 7. The molecule has 0 saturated heterocycles. The molecule has 0 aliphatic heterocycles. The number of ether oxygens (including phenoxy) is 1. The van der Waals surface area contributed by atoms with E-state index in [4.69, 9.17) is 4.74 Å². The highest BCUT2D eigenvalue weighted by Crippen LogP contribution is 2.78. The molecule has 9 atom stereocenters. The second-order valence-corrected chi connectivity index (χ2v) is 16.9. The highest BCUT2D eigenvalue weighted by molar-refractivity contribution is 5.78. The van der Waals surface area contributed by atoms with Gasteiger partial charge in [-0.2, -0.15) is 0 Å². The Hall–Kier alpha value is -1.57. The highest BCUT2D eigenvalue weighted by atomic mass is 16.5. The first-order valence-electron chi connectivity index (χ1n) is 17.5. The zero-order valence-corrected chi connectivity index (χ0v) is 26.8. The molecule has 224 valence electrons. The zero-order chi connectivity index (χ0) is 28.7. The number of hydrogen-bond donors (Lipinski definition) is 0. The largest absolute Gasteiger partial charge is 0.460 e. The Kier molecular flexibility index (Phi) is 6.69. The van der Waals surface area contributed by atoms with E-state index in [0.717, 1.165) is 30.2 Å². The minimum Gasteiger partial charge on any atom is -0.460 e. The standard InChI is InChI=1S/C39H56O2/c1-6-10-27-15-18-36(3)29(25-27)16-19-38(5)32(36)14-13-31-33-30(35(2)21-22-35)17-20-39(33,24-23-37(31,38)4)34(40)41-26-28-11-8-7-9-12-28/h7-9,11-12,15,29-33H,6,10,13-14,16-26H2,1-5H3/t29?,30-,31-,32?,33?,36+,37-,38-,39+/m1/s1. The molecular formula is C39H56O2. The first-order chi connectivity index (χ1) is 19.6. The van der Waals surface area contributed by atoms with Gasteiger partial charge in [-0.25, -0.2) is 0 Å². The third-order valence-electron chi connectivity index (χ3n) is 15.4. The second-order valence-electron chi connectivity index (χ2n) is 16.9. The Morgan fingerprint density at radius 3 is 2.37 bits per heavy atom. The third kappa shape index (κ3) is 4.03. The average Bonchev–Trinajstić information content (AvgIpc) is 3.58. The van der Waals surface area contributed by atoms with Crippen molar-refractivity contribution in [1.82, 2.24) is 0 Å². The van der Waals surface area contributed by atoms with E-state index < -0.39 is 0 Å². The van der Waals surface area contributed by atoms with Crippen LogP contribution in [-0.2, 0) is 16.1 Å². The molecule has 2 nitrogen and oxygen atoms in total. The maximum atomic E-state index is 14.3. The van der Waals surface area contributed by atoms with Crippen LogP contribution >= 0.6 is 0 Å². The predicted molar refractivity (Wildman–Crippen MR) is 167 cm³/mol. The van der Waals surface area contributed by atoms with E-state index in [1.165, 1.54) is 77.0 Å². The zero-order valence-electron chi connectivity index (χ0n) is 26.8. The van der Waals surface area contributed by atoms with Gasteiger partial charge in [0, 0.05) is 0 Å². The number of esters is 1. The van der Waals surface area contributed by atoms with Crippen LogP contribution in [0.1, 0.15) is 130 Å². The Bertz CT molecular complexity index is 1200. The van der Waals surface area contributed by atoms with Crippen molar-refractivity contribution >= 4 is 5.97 Å². The van der Waals surface area contributed by atoms with Gasteiger partial charge in [0.25, 0.3) is 0 Å². The van der Waals surface area contributed by atoms with Crippen LogP contribution in [0, 0.1) is 56.7 Å². The van der Waals surface area contributed by atoms with Gasteiger partial charge in [-0.15, -0.1) is 0 Å². The second kappa shape index (κ2) is 9.72. The van der Waals surface area contributed by atoms with Crippen LogP contribution in [0.5, 0.6) is 0 Å². The van der Waals surface area contributed by atoms with Crippen LogP contribution in [0.4, 0.5) is 0 Å². The Balaban J connectivity index is 1.21. The molecule has 0 amide bonds. The topological polar surface area (TPSA) is 26.3 Å². The fraction of sp³-hybridized carbons (Fsp3) is 0.769. The first kappa shape index (κ1) is 28.2. The molecule has 0 bridgehead atoms. The van der Waals surface area contributed by atoms with Gasteiger partial charge in [-0.05, 0) is 140 Å². The molecule has 0 N–H and O–H groups in total. The molecule has 0 aromatic heterocycles. The lowest BCUT2D eigenvalue weighted by atomic mass is 9.33. The van der Waals surface area contributed by atoms with E-state index in [1.807, 2.05) is 6.07 Å². The summed E-state index contributed by atoms with van der Waals surface area (Å²) in [6.07, 6.45) is 20.7. The van der Waals surface area contributed by atoms with Gasteiger partial charge in [0.05, 0.1) is 5.41 Å². The molecule has 7 rings (SSSR count). The van der Waals surface area contributed by atoms with Crippen LogP contribution in [0.25, 0.3) is 0 Å². The Morgan fingerprint density at radius 2 is 1.63 bits per heavy atom. The predicted octanol–water partition coefficient (Wildman–Crippen LogP) is 10.3. The summed E-state index contributed by atoms with van der Waals surface area (Å²) in [6, 6.07) is 10.3. The summed E-state index contributed by atoms with van der Waals surface area (Å²) >= 11 is 0. The first-order valence-corrected chi connectivity index (χ1v) is 17.5. The van der Waals surface area contributed by atoms with Crippen molar-refractivity contribution in [1.29, 1.82) is 0 Å². The van der Waals surface area contributed by atoms with E-state index in [9.17, 15) is 4.79 Å². The van der Waals surface area contributed by atoms with Crippen molar-refractivity contribution in [3.05, 3.63) is 47.5 Å². The molecule has 5 fully saturated rings. The number of benzene rings is 1. The Labute approximate surface area is 250 Å². The van der Waals surface area contributed by atoms with Gasteiger partial charge in [0.1, 0.15) is 6.61 Å². The van der Waals surface area contributed by atoms with E-state index >= 15 is 0 Å². The van der Waals surface area contributed by atoms with Gasteiger partial charge in [-0.1, -0.05) is 83.0 Å². The van der Waals surface area contributed by atoms with Crippen molar-refractivity contribution in [3.8, 4) is 0 Å². The van der Waals surface area contributed by atoms with Crippen LogP contribution in [0.2, 0.25) is 0 Å². The maximum absolute atomic E-state index is 14.3. The average molecular weight is 557 g/mol. The van der Waals surface area contributed by atoms with Crippen LogP contribution in [-0.4, -0.2) is 5.97 Å². The molecular weight excluding hydrogens is 500 g/mol. The van der Waals surface area contributed by atoms with Crippen molar-refractivity contribution < 1.29 is 9.53 Å². The molecule has 1 aromatic rings. The molecule has 0 spiro atoms. The summed E-state index contributed by atoms with van der Waals surface area (Å²) in [4.78, 5) is 14.3. The monoisotopic (exact) mass is 556 g/mol. The summed E-state index contributed by atoms with van der Waals surface area (Å²) in [5, 5.41) is 0. The van der Waals surface area contributed by atoms with Crippen molar-refractivity contribution in [2.45, 2.75) is 131 Å². The molecule has 3 unspecified atom stereocenters. The number of rotatable bonds is 6. The van der Waals surface area contributed by atoms with Crippen LogP contribution in [0.15, 0.2) is 42.0 Å². The molecule has 1 aromatic carbocycles. The van der Waals surface area contributed by atoms with Gasteiger partial charge >= 0.3 is 5.97 Å². The summed E-state index contributed by atoms with van der Waals surface area (Å²) in [5.74, 6) is 3.67. The molecule has 6 aliphatic carbocycles. The SMILES string of the molecule is CCCC1=CC[C@@]2(C)C(CC[C@]3(C)C2CC[C@@H]2C4[C@H](C5(C)CC5)CC[C@]4(C(=O)OCc4ccccc4)CC[C@]23C)C1. The summed E-state index contributed by atoms with van der Waals surface area (Å²) in [5.41, 5.74) is 4.19. The number of hydrogen-bond acceptors (Lipinski definition) is 2. The van der Waals surface area contributed by atoms with Crippen molar-refractivity contribution in [2.75, 3.05) is 0 Å². The lowest BCUT2D eigenvalue weighted by Crippen LogP contribution is -2.65. The van der Waals surface area contributed by atoms with Gasteiger partial charge < -0.3 is 4.74 Å². The molecule has 41 heavy (non-hydrogen) atoms. The number of carbonyl (C=O) groups excluding carboxylic acids is 1. The summed E-state index contributed by atoms with van der Waals surface area (Å²) < 4.78 is 6.27. The molecule has 0 radical (unpaired) electrons. The number of allylic oxidation sites excluding steroid dienone is 2. The lowest BCUT2D eigenvalue weighted by molar-refractivity contribution is -0.226. The fourth-order valence-corrected chi connectivity index (χ4v) is 12.5. The number of carbonyl (C=O) groups is 1. The van der Waals surface area contributed by atoms with Crippen molar-refractivity contribution in [3.63, 3.8) is 0 Å². The smallest absolute Gasteiger partial charge is 0.312 e. The summed E-state index contributed by atoms with van der Waals surface area (Å²) in [7, 11) is 0. The quantitative estimate of drug-likeness (QED) is 0.257. The lowest BCUT2D eigenvalue weighted by Gasteiger charge is -2.71. The van der Waals surface area contributed by atoms with E-state index in [0.29, 0.717) is 46.0 Å². The Morgan fingerprint density at radius 1 is 0.854 bits per heavy atom.